The fourth-order valence-electron chi connectivity index (χ4n) is 0.868. The number of carboxylic acid groups (broad SMARTS) is 1. The normalized spacial score (nSPS) is 12.2. The van der Waals surface area contributed by atoms with Gasteiger partial charge in [-0.05, 0) is 7.05 Å². The molecule has 1 amide bonds. The molecule has 0 aliphatic carbocycles. The Morgan fingerprint density at radius 2 is 2.13 bits per heavy atom. The van der Waals surface area contributed by atoms with E-state index in [1.54, 1.807) is 0 Å². The van der Waals surface area contributed by atoms with Gasteiger partial charge in [0, 0.05) is 6.54 Å². The van der Waals surface area contributed by atoms with E-state index in [2.05, 4.69) is 5.32 Å². The summed E-state index contributed by atoms with van der Waals surface area (Å²) in [5.74, 6) is -1.37. The van der Waals surface area contributed by atoms with Gasteiger partial charge in [-0.3, -0.25) is 14.5 Å². The van der Waals surface area contributed by atoms with Crippen molar-refractivity contribution in [2.75, 3.05) is 26.7 Å². The highest BCUT2D eigenvalue weighted by Gasteiger charge is 2.10. The van der Waals surface area contributed by atoms with Crippen LogP contribution in [0, 0.1) is 0 Å². The van der Waals surface area contributed by atoms with Crippen molar-refractivity contribution in [2.24, 2.45) is 5.73 Å². The number of hydrogen-bond donors (Lipinski definition) is 3. The Balaban J connectivity index is 3.73. The van der Waals surface area contributed by atoms with Gasteiger partial charge in [-0.2, -0.15) is 0 Å². The zero-order valence-corrected chi connectivity index (χ0v) is 8.47. The summed E-state index contributed by atoms with van der Waals surface area (Å²) in [6.45, 7) is -0.200. The van der Waals surface area contributed by atoms with Gasteiger partial charge in [-0.1, -0.05) is 0 Å². The summed E-state index contributed by atoms with van der Waals surface area (Å²) < 4.78 is 0. The lowest BCUT2D eigenvalue weighted by Gasteiger charge is -2.14. The summed E-state index contributed by atoms with van der Waals surface area (Å²) in [6.07, 6.45) is 0.529. The number of carbonyl (C=O) groups excluding carboxylic acids is 2. The second kappa shape index (κ2) is 6.91. The second-order valence-corrected chi connectivity index (χ2v) is 3.17. The van der Waals surface area contributed by atoms with E-state index in [1.807, 2.05) is 0 Å². The molecule has 0 aliphatic rings. The minimum absolute atomic E-state index is 0.0438. The Kier molecular flexibility index (Phi) is 6.23. The molecule has 0 heterocycles. The van der Waals surface area contributed by atoms with Crippen LogP contribution in [0.25, 0.3) is 0 Å². The van der Waals surface area contributed by atoms with Gasteiger partial charge in [-0.15, -0.1) is 0 Å². The molecule has 86 valence electrons. The van der Waals surface area contributed by atoms with E-state index in [0.717, 1.165) is 0 Å². The van der Waals surface area contributed by atoms with Crippen LogP contribution in [0.5, 0.6) is 0 Å². The number of rotatable bonds is 7. The highest BCUT2D eigenvalue weighted by Crippen LogP contribution is 1.82. The molecule has 4 N–H and O–H groups in total. The fraction of sp³-hybridized carbons (Fsp3) is 0.625. The van der Waals surface area contributed by atoms with Gasteiger partial charge < -0.3 is 21.0 Å². The molecule has 7 heteroatoms. The Morgan fingerprint density at radius 1 is 1.53 bits per heavy atom. The highest BCUT2D eigenvalue weighted by molar-refractivity contribution is 5.79. The Bertz CT molecular complexity index is 244. The van der Waals surface area contributed by atoms with E-state index in [0.29, 0.717) is 6.29 Å². The lowest BCUT2D eigenvalue weighted by atomic mass is 10.3. The smallest absolute Gasteiger partial charge is 0.317 e. The maximum atomic E-state index is 11.1. The SMILES string of the molecule is CN(CC(=O)O)CC(=O)NCC(N)C=O. The molecule has 1 unspecified atom stereocenters. The van der Waals surface area contributed by atoms with Crippen LogP contribution in [0.4, 0.5) is 0 Å². The summed E-state index contributed by atoms with van der Waals surface area (Å²) in [7, 11) is 1.51. The van der Waals surface area contributed by atoms with Crippen LogP contribution in [0.2, 0.25) is 0 Å². The highest BCUT2D eigenvalue weighted by atomic mass is 16.4. The van der Waals surface area contributed by atoms with Crippen LogP contribution in [0.15, 0.2) is 0 Å². The number of nitrogens with two attached hydrogens (primary N) is 1. The van der Waals surface area contributed by atoms with Crippen LogP contribution >= 0.6 is 0 Å². The van der Waals surface area contributed by atoms with Crippen LogP contribution in [0.1, 0.15) is 0 Å². The van der Waals surface area contributed by atoms with Crippen molar-refractivity contribution >= 4 is 18.2 Å². The summed E-state index contributed by atoms with van der Waals surface area (Å²) in [4.78, 5) is 32.9. The van der Waals surface area contributed by atoms with Crippen molar-refractivity contribution in [2.45, 2.75) is 6.04 Å². The van der Waals surface area contributed by atoms with Gasteiger partial charge in [0.1, 0.15) is 6.29 Å². The molecule has 0 aliphatic heterocycles. The summed E-state index contributed by atoms with van der Waals surface area (Å²) in [5.41, 5.74) is 5.24. The van der Waals surface area contributed by atoms with E-state index in [1.165, 1.54) is 11.9 Å². The van der Waals surface area contributed by atoms with Crippen molar-refractivity contribution in [3.05, 3.63) is 0 Å². The predicted octanol–water partition coefficient (Wildman–Crippen LogP) is -2.35. The third kappa shape index (κ3) is 7.59. The van der Waals surface area contributed by atoms with Crippen molar-refractivity contribution in [3.8, 4) is 0 Å². The Morgan fingerprint density at radius 3 is 2.60 bits per heavy atom. The van der Waals surface area contributed by atoms with E-state index in [9.17, 15) is 14.4 Å². The van der Waals surface area contributed by atoms with Gasteiger partial charge in [0.25, 0.3) is 0 Å². The van der Waals surface area contributed by atoms with E-state index in [4.69, 9.17) is 10.8 Å². The molecule has 0 fully saturated rings. The van der Waals surface area contributed by atoms with E-state index < -0.39 is 12.0 Å². The number of likely N-dealkylation sites (N-methyl/N-ethyl adjacent to an activating group) is 1. The summed E-state index contributed by atoms with van der Waals surface area (Å²) >= 11 is 0. The van der Waals surface area contributed by atoms with Crippen LogP contribution in [-0.4, -0.2) is 60.9 Å². The molecule has 1 atom stereocenters. The topological polar surface area (TPSA) is 113 Å². The molecule has 0 aromatic heterocycles. The number of carboxylic acids is 1. The first-order valence-electron chi connectivity index (χ1n) is 4.33. The molecule has 15 heavy (non-hydrogen) atoms. The lowest BCUT2D eigenvalue weighted by Crippen LogP contribution is -2.43. The van der Waals surface area contributed by atoms with E-state index >= 15 is 0 Å². The van der Waals surface area contributed by atoms with Crippen molar-refractivity contribution in [3.63, 3.8) is 0 Å². The van der Waals surface area contributed by atoms with Crippen LogP contribution in [-0.2, 0) is 14.4 Å². The molecule has 0 bridgehead atoms. The second-order valence-electron chi connectivity index (χ2n) is 3.17. The zero-order chi connectivity index (χ0) is 11.8. The average Bonchev–Trinajstić information content (AvgIpc) is 2.12. The van der Waals surface area contributed by atoms with Gasteiger partial charge in [0.2, 0.25) is 5.91 Å². The number of aliphatic carboxylic acids is 1. The largest absolute Gasteiger partial charge is 0.480 e. The Hall–Kier alpha value is -1.47. The van der Waals surface area contributed by atoms with Crippen LogP contribution < -0.4 is 11.1 Å². The molecule has 0 saturated carbocycles. The van der Waals surface area contributed by atoms with Gasteiger partial charge >= 0.3 is 5.97 Å². The molecular weight excluding hydrogens is 202 g/mol. The van der Waals surface area contributed by atoms with Gasteiger partial charge in [0.05, 0.1) is 19.1 Å². The molecule has 7 nitrogen and oxygen atoms in total. The molecule has 0 spiro atoms. The number of nitrogens with one attached hydrogen (secondary N) is 1. The number of hydrogen-bond acceptors (Lipinski definition) is 5. The number of carbonyl (C=O) groups is 3. The molecule has 0 aromatic carbocycles. The standard InChI is InChI=1S/C8H15N3O4/c1-11(4-8(14)15)3-7(13)10-2-6(9)5-12/h5-6H,2-4,9H2,1H3,(H,10,13)(H,14,15). The lowest BCUT2D eigenvalue weighted by molar-refractivity contribution is -0.138. The maximum Gasteiger partial charge on any atom is 0.317 e. The molecule has 0 radical (unpaired) electrons. The van der Waals surface area contributed by atoms with Crippen molar-refractivity contribution in [1.82, 2.24) is 10.2 Å². The third-order valence-electron chi connectivity index (χ3n) is 1.53. The first-order valence-corrected chi connectivity index (χ1v) is 4.33. The van der Waals surface area contributed by atoms with Crippen LogP contribution in [0.3, 0.4) is 0 Å². The average molecular weight is 217 g/mol. The minimum Gasteiger partial charge on any atom is -0.480 e. The van der Waals surface area contributed by atoms with Crippen molar-refractivity contribution < 1.29 is 19.5 Å². The molecule has 0 aromatic rings. The summed E-state index contributed by atoms with van der Waals surface area (Å²) in [5, 5.41) is 10.8. The predicted molar refractivity (Wildman–Crippen MR) is 52.2 cm³/mol. The quantitative estimate of drug-likeness (QED) is 0.411. The molecule has 0 rings (SSSR count). The molecule has 0 saturated heterocycles. The van der Waals surface area contributed by atoms with Gasteiger partial charge in [0.15, 0.2) is 0 Å². The maximum absolute atomic E-state index is 11.1. The summed E-state index contributed by atoms with van der Waals surface area (Å²) in [6, 6.07) is -0.723. The Labute approximate surface area is 87.2 Å². The number of amides is 1. The first-order chi connectivity index (χ1) is 6.95. The minimum atomic E-state index is -1.00. The third-order valence-corrected chi connectivity index (χ3v) is 1.53. The van der Waals surface area contributed by atoms with E-state index in [-0.39, 0.29) is 25.5 Å². The number of aldehydes is 1. The number of nitrogens with zero attached hydrogens (tertiary/aromatic N) is 1. The van der Waals surface area contributed by atoms with Gasteiger partial charge in [-0.25, -0.2) is 0 Å². The first kappa shape index (κ1) is 13.5. The fourth-order valence-corrected chi connectivity index (χ4v) is 0.868. The molecular formula is C8H15N3O4. The zero-order valence-electron chi connectivity index (χ0n) is 8.47. The van der Waals surface area contributed by atoms with Crippen molar-refractivity contribution in [1.29, 1.82) is 0 Å². The monoisotopic (exact) mass is 217 g/mol.